The molecule has 1 heterocycles. The first-order valence-corrected chi connectivity index (χ1v) is 6.75. The molecule has 0 spiro atoms. The van der Waals surface area contributed by atoms with E-state index in [4.69, 9.17) is 10.5 Å². The molecule has 1 rings (SSSR count). The standard InChI is InChI=1S/C13H27N3O2/c1-11-10-15(7-5-6-14)8-9-16(11)12(17)18-13(2,3)4/h11H,5-10,14H2,1-4H3. The van der Waals surface area contributed by atoms with Gasteiger partial charge in [-0.3, -0.25) is 4.90 Å². The molecule has 0 aromatic rings. The van der Waals surface area contributed by atoms with Crippen LogP contribution in [0.2, 0.25) is 0 Å². The summed E-state index contributed by atoms with van der Waals surface area (Å²) in [6, 6.07) is 0.200. The molecule has 0 bridgehead atoms. The van der Waals surface area contributed by atoms with Crippen molar-refractivity contribution in [2.75, 3.05) is 32.7 Å². The first-order valence-electron chi connectivity index (χ1n) is 6.75. The van der Waals surface area contributed by atoms with Crippen LogP contribution in [0.4, 0.5) is 4.79 Å². The van der Waals surface area contributed by atoms with Crippen molar-refractivity contribution in [2.45, 2.75) is 45.8 Å². The molecular formula is C13H27N3O2. The first-order chi connectivity index (χ1) is 8.33. The second kappa shape index (κ2) is 6.38. The van der Waals surface area contributed by atoms with E-state index in [9.17, 15) is 4.79 Å². The van der Waals surface area contributed by atoms with E-state index in [-0.39, 0.29) is 12.1 Å². The minimum atomic E-state index is -0.423. The molecule has 0 aromatic carbocycles. The van der Waals surface area contributed by atoms with Crippen molar-refractivity contribution in [1.82, 2.24) is 9.80 Å². The van der Waals surface area contributed by atoms with Crippen molar-refractivity contribution in [3.8, 4) is 0 Å². The number of nitrogens with two attached hydrogens (primary N) is 1. The number of ether oxygens (including phenoxy) is 1. The number of piperazine rings is 1. The van der Waals surface area contributed by atoms with Gasteiger partial charge in [0.15, 0.2) is 0 Å². The highest BCUT2D eigenvalue weighted by molar-refractivity contribution is 5.68. The van der Waals surface area contributed by atoms with Crippen molar-refractivity contribution in [1.29, 1.82) is 0 Å². The molecule has 1 aliphatic rings. The fourth-order valence-corrected chi connectivity index (χ4v) is 2.14. The molecule has 1 amide bonds. The summed E-state index contributed by atoms with van der Waals surface area (Å²) in [7, 11) is 0. The summed E-state index contributed by atoms with van der Waals surface area (Å²) < 4.78 is 5.41. The Morgan fingerprint density at radius 3 is 2.56 bits per heavy atom. The predicted molar refractivity (Wildman–Crippen MR) is 72.5 cm³/mol. The van der Waals surface area contributed by atoms with Gasteiger partial charge >= 0.3 is 6.09 Å². The third-order valence-electron chi connectivity index (χ3n) is 3.02. The van der Waals surface area contributed by atoms with Crippen LogP contribution in [0.15, 0.2) is 0 Å². The number of hydrogen-bond donors (Lipinski definition) is 1. The summed E-state index contributed by atoms with van der Waals surface area (Å²) in [5, 5.41) is 0. The molecule has 1 saturated heterocycles. The molecule has 0 aliphatic carbocycles. The van der Waals surface area contributed by atoms with E-state index in [0.29, 0.717) is 0 Å². The second-order valence-electron chi connectivity index (χ2n) is 5.97. The molecule has 1 atom stereocenters. The minimum absolute atomic E-state index is 0.200. The normalized spacial score (nSPS) is 22.1. The van der Waals surface area contributed by atoms with Gasteiger partial charge in [0.05, 0.1) is 0 Å². The molecule has 18 heavy (non-hydrogen) atoms. The summed E-state index contributed by atoms with van der Waals surface area (Å²) in [6.45, 7) is 12.0. The van der Waals surface area contributed by atoms with E-state index < -0.39 is 5.60 Å². The zero-order valence-corrected chi connectivity index (χ0v) is 12.1. The molecule has 0 radical (unpaired) electrons. The van der Waals surface area contributed by atoms with Crippen LogP contribution in [-0.4, -0.2) is 60.3 Å². The van der Waals surface area contributed by atoms with Crippen LogP contribution in [0.5, 0.6) is 0 Å². The molecule has 1 fully saturated rings. The monoisotopic (exact) mass is 257 g/mol. The lowest BCUT2D eigenvalue weighted by atomic mass is 10.2. The lowest BCUT2D eigenvalue weighted by molar-refractivity contribution is 0.00146. The van der Waals surface area contributed by atoms with Crippen LogP contribution in [0.3, 0.4) is 0 Å². The molecule has 2 N–H and O–H groups in total. The summed E-state index contributed by atoms with van der Waals surface area (Å²) in [5.74, 6) is 0. The van der Waals surface area contributed by atoms with Gasteiger partial charge in [0, 0.05) is 25.7 Å². The van der Waals surface area contributed by atoms with Gasteiger partial charge in [-0.25, -0.2) is 4.79 Å². The number of rotatable bonds is 3. The van der Waals surface area contributed by atoms with Crippen LogP contribution in [0.25, 0.3) is 0 Å². The SMILES string of the molecule is CC1CN(CCCN)CCN1C(=O)OC(C)(C)C. The summed E-state index contributed by atoms with van der Waals surface area (Å²) in [5.41, 5.74) is 5.09. The van der Waals surface area contributed by atoms with Gasteiger partial charge in [-0.1, -0.05) is 0 Å². The second-order valence-corrected chi connectivity index (χ2v) is 5.97. The number of amides is 1. The van der Waals surface area contributed by atoms with Crippen LogP contribution in [0.1, 0.15) is 34.1 Å². The summed E-state index contributed by atoms with van der Waals surface area (Å²) in [6.07, 6.45) is 0.813. The highest BCUT2D eigenvalue weighted by Crippen LogP contribution is 2.15. The Morgan fingerprint density at radius 1 is 1.39 bits per heavy atom. The van der Waals surface area contributed by atoms with E-state index in [1.807, 2.05) is 25.7 Å². The molecule has 1 aliphatic heterocycles. The van der Waals surface area contributed by atoms with E-state index in [1.165, 1.54) is 0 Å². The Hall–Kier alpha value is -0.810. The maximum Gasteiger partial charge on any atom is 0.410 e. The van der Waals surface area contributed by atoms with Crippen molar-refractivity contribution in [3.63, 3.8) is 0 Å². The van der Waals surface area contributed by atoms with Gasteiger partial charge in [-0.15, -0.1) is 0 Å². The average molecular weight is 257 g/mol. The maximum atomic E-state index is 12.0. The highest BCUT2D eigenvalue weighted by atomic mass is 16.6. The number of carbonyl (C=O) groups excluding carboxylic acids is 1. The highest BCUT2D eigenvalue weighted by Gasteiger charge is 2.30. The number of carbonyl (C=O) groups is 1. The summed E-state index contributed by atoms with van der Waals surface area (Å²) >= 11 is 0. The van der Waals surface area contributed by atoms with E-state index in [2.05, 4.69) is 11.8 Å². The van der Waals surface area contributed by atoms with Crippen molar-refractivity contribution >= 4 is 6.09 Å². The smallest absolute Gasteiger partial charge is 0.410 e. The van der Waals surface area contributed by atoms with Gasteiger partial charge in [0.1, 0.15) is 5.60 Å². The Kier molecular flexibility index (Phi) is 5.41. The molecule has 5 nitrogen and oxygen atoms in total. The quantitative estimate of drug-likeness (QED) is 0.827. The Labute approximate surface area is 110 Å². The number of hydrogen-bond acceptors (Lipinski definition) is 4. The van der Waals surface area contributed by atoms with Crippen LogP contribution < -0.4 is 5.73 Å². The third-order valence-corrected chi connectivity index (χ3v) is 3.02. The largest absolute Gasteiger partial charge is 0.444 e. The van der Waals surface area contributed by atoms with Gasteiger partial charge in [-0.2, -0.15) is 0 Å². The van der Waals surface area contributed by atoms with E-state index in [1.54, 1.807) is 0 Å². The molecule has 1 unspecified atom stereocenters. The first kappa shape index (κ1) is 15.2. The van der Waals surface area contributed by atoms with Crippen LogP contribution in [-0.2, 0) is 4.74 Å². The minimum Gasteiger partial charge on any atom is -0.444 e. The fraction of sp³-hybridized carbons (Fsp3) is 0.923. The molecule has 5 heteroatoms. The topological polar surface area (TPSA) is 58.8 Å². The lowest BCUT2D eigenvalue weighted by Gasteiger charge is -2.40. The van der Waals surface area contributed by atoms with Gasteiger partial charge in [-0.05, 0) is 47.2 Å². The molecule has 106 valence electrons. The summed E-state index contributed by atoms with van der Waals surface area (Å²) in [4.78, 5) is 16.2. The number of nitrogens with zero attached hydrogens (tertiary/aromatic N) is 2. The van der Waals surface area contributed by atoms with E-state index in [0.717, 1.165) is 39.1 Å². The van der Waals surface area contributed by atoms with Crippen molar-refractivity contribution in [3.05, 3.63) is 0 Å². The average Bonchev–Trinajstić information content (AvgIpc) is 2.23. The Bertz CT molecular complexity index is 276. The fourth-order valence-electron chi connectivity index (χ4n) is 2.14. The van der Waals surface area contributed by atoms with Crippen LogP contribution >= 0.6 is 0 Å². The zero-order valence-electron chi connectivity index (χ0n) is 12.1. The zero-order chi connectivity index (χ0) is 13.8. The molecule has 0 saturated carbocycles. The van der Waals surface area contributed by atoms with E-state index >= 15 is 0 Å². The van der Waals surface area contributed by atoms with Gasteiger partial charge < -0.3 is 15.4 Å². The van der Waals surface area contributed by atoms with Crippen LogP contribution in [0, 0.1) is 0 Å². The maximum absolute atomic E-state index is 12.0. The lowest BCUT2D eigenvalue weighted by Crippen LogP contribution is -2.55. The van der Waals surface area contributed by atoms with Gasteiger partial charge in [0.2, 0.25) is 0 Å². The van der Waals surface area contributed by atoms with Crippen molar-refractivity contribution < 1.29 is 9.53 Å². The molecule has 0 aromatic heterocycles. The Morgan fingerprint density at radius 2 is 2.06 bits per heavy atom. The predicted octanol–water partition coefficient (Wildman–Crippen LogP) is 1.28. The van der Waals surface area contributed by atoms with Crippen molar-refractivity contribution in [2.24, 2.45) is 5.73 Å². The third kappa shape index (κ3) is 4.82. The van der Waals surface area contributed by atoms with Gasteiger partial charge in [0.25, 0.3) is 0 Å². The Balaban J connectivity index is 2.44. The molecular weight excluding hydrogens is 230 g/mol.